The molecule has 1 amide bonds. The maximum absolute atomic E-state index is 15.0. The van der Waals surface area contributed by atoms with E-state index in [9.17, 15) is 33.3 Å². The predicted octanol–water partition coefficient (Wildman–Crippen LogP) is 10.8. The van der Waals surface area contributed by atoms with Gasteiger partial charge < -0.3 is 13.7 Å². The van der Waals surface area contributed by atoms with Crippen molar-refractivity contribution in [2.45, 2.75) is 244 Å². The molecule has 3 fully saturated rings. The van der Waals surface area contributed by atoms with E-state index in [4.69, 9.17) is 32.1 Å². The van der Waals surface area contributed by atoms with Gasteiger partial charge in [0.1, 0.15) is 12.2 Å². The first-order valence-corrected chi connectivity index (χ1v) is 39.8. The Balaban J connectivity index is 1.51. The third-order valence-electron chi connectivity index (χ3n) is 17.6. The van der Waals surface area contributed by atoms with Crippen molar-refractivity contribution in [2.24, 2.45) is 0 Å². The van der Waals surface area contributed by atoms with Gasteiger partial charge in [-0.2, -0.15) is 0 Å². The summed E-state index contributed by atoms with van der Waals surface area (Å²) in [7, 11) is -11.3. The first-order chi connectivity index (χ1) is 37.5. The number of rotatable bonds is 31. The monoisotopic (exact) mass is 1200 g/mol. The van der Waals surface area contributed by atoms with Gasteiger partial charge in [-0.3, -0.25) is 37.8 Å². The number of esters is 1. The number of unbranched alkanes of at least 4 members (excludes halogenated alkanes) is 3. The van der Waals surface area contributed by atoms with Crippen LogP contribution in [0.15, 0.2) is 55.5 Å². The molecule has 3 aliphatic rings. The van der Waals surface area contributed by atoms with Crippen molar-refractivity contribution in [3.8, 4) is 0 Å². The Labute approximate surface area is 478 Å². The average Bonchev–Trinajstić information content (AvgIpc) is 4.01. The van der Waals surface area contributed by atoms with Crippen LogP contribution in [0, 0.1) is 0 Å². The number of ether oxygens (including phenoxy) is 3. The van der Waals surface area contributed by atoms with Crippen LogP contribution >= 0.6 is 14.9 Å². The minimum Gasteiger partial charge on any atom is -0.0630 e. The Morgan fingerprint density at radius 2 is 1.23 bits per heavy atom. The number of hydrogen-bond acceptors (Lipinski definition) is 14. The fourth-order valence-electron chi connectivity index (χ4n) is 12.3. The van der Waals surface area contributed by atoms with E-state index in [1.807, 2.05) is 24.9 Å². The van der Waals surface area contributed by atoms with Crippen molar-refractivity contribution in [3.63, 3.8) is 0 Å². The summed E-state index contributed by atoms with van der Waals surface area (Å²) in [6.07, 6.45) is 10.2. The number of nitrogens with one attached hydrogen (secondary N) is 2. The fraction of sp³-hybridized carbons (Fsp3) is 0.789. The van der Waals surface area contributed by atoms with E-state index in [2.05, 4.69) is 93.1 Å². The van der Waals surface area contributed by atoms with Crippen molar-refractivity contribution >= 4 is 43.4 Å². The number of nitrogens with zero attached hydrogens (tertiary/aromatic N) is 3. The summed E-state index contributed by atoms with van der Waals surface area (Å²) >= 11 is 0. The summed E-state index contributed by atoms with van der Waals surface area (Å²) in [5.74, 6) is -0.582. The van der Waals surface area contributed by atoms with Crippen LogP contribution in [-0.4, -0.2) is 134 Å². The fourth-order valence-corrected chi connectivity index (χ4v) is 26.0. The molecule has 0 aromatic carbocycles. The van der Waals surface area contributed by atoms with Crippen LogP contribution in [0.2, 0.25) is 34.8 Å². The molecule has 3 aliphatic heterocycles. The summed E-state index contributed by atoms with van der Waals surface area (Å²) in [5, 5.41) is -0.306. The van der Waals surface area contributed by atoms with E-state index < -0.39 is 116 Å². The molecular formula is C57H101N5O14P2Si2. The number of aromatic amines is 2. The number of aromatic nitrogens is 4. The molecule has 0 radical (unpaired) electrons. The standard InChI is InChI=1S/C57H101N5O14P2Si2/c1-17-21-34-78(35-22-18-2,36-23-19-3)37-24-31-60-42(25-27-47(60)65)26-28-48(66)73-49-44(72-53(61-32-29-45(63)58-55(61)67)51(49)76-80(39(5)6,40(7)8)41(9)10)38-70-77(14,69)74-50-43(20-4)71-54(62-33-30-46(64)59-56(62)68)52(50)75-79(15,16)57(11,12)13/h26,29-30,32-33,39-41,43-44,49-54,78H,17-25,27-28,31,34-38H2,1-16H3,(H,58,63,67)(H,59,64,68)/t43-,44-,49?,50?,51+,52+,53-,54-,77?/m1/s1. The Kier molecular flexibility index (Phi) is 24.6. The van der Waals surface area contributed by atoms with Gasteiger partial charge in [-0.1, -0.05) is 69.2 Å². The van der Waals surface area contributed by atoms with Gasteiger partial charge in [0, 0.05) is 31.2 Å². The normalized spacial score (nSPS) is 24.7. The molecule has 5 heterocycles. The minimum absolute atomic E-state index is 0.0391. The number of amides is 1. The van der Waals surface area contributed by atoms with Crippen molar-refractivity contribution in [2.75, 3.05) is 44.5 Å². The van der Waals surface area contributed by atoms with Gasteiger partial charge in [0.05, 0.1) is 6.10 Å². The second-order valence-corrected chi connectivity index (χ2v) is 42.4. The van der Waals surface area contributed by atoms with Crippen LogP contribution in [-0.2, 0) is 46.3 Å². The summed E-state index contributed by atoms with van der Waals surface area (Å²) in [5.41, 5.74) is -1.77. The van der Waals surface area contributed by atoms with E-state index in [0.29, 0.717) is 25.8 Å². The zero-order chi connectivity index (χ0) is 59.5. The SMILES string of the molecule is CCCC[PH](CCCC)(CCCC)CCCN1C(=O)CCC1=CCC(=O)OC1[C@@H](COP(C)(=O)OC2[C@@H](CC)O[C@@H](n3ccc(=O)[nH]c3=O)[C@H]2O[Si](C)(C)C(C)(C)C)O[C@@H](n2ccc(=O)[nH]c2=O)[C@H]1O[Si](C(C)C)(C(C)C)C(C)C. The van der Waals surface area contributed by atoms with Crippen molar-refractivity contribution in [1.29, 1.82) is 0 Å². The topological polar surface area (TPSA) is 229 Å². The zero-order valence-electron chi connectivity index (χ0n) is 51.3. The minimum atomic E-state index is -4.18. The molecule has 80 heavy (non-hydrogen) atoms. The molecule has 5 rings (SSSR count). The summed E-state index contributed by atoms with van der Waals surface area (Å²) < 4.78 is 64.5. The molecule has 0 aliphatic carbocycles. The second kappa shape index (κ2) is 29.1. The van der Waals surface area contributed by atoms with E-state index >= 15 is 0 Å². The van der Waals surface area contributed by atoms with Gasteiger partial charge in [0.15, 0.2) is 14.5 Å². The number of carbonyl (C=O) groups is 2. The summed E-state index contributed by atoms with van der Waals surface area (Å²) in [6, 6.07) is 2.42. The van der Waals surface area contributed by atoms with Gasteiger partial charge >= 0.3 is 226 Å². The Morgan fingerprint density at radius 1 is 0.738 bits per heavy atom. The maximum atomic E-state index is 15.0. The molecule has 19 nitrogen and oxygen atoms in total. The van der Waals surface area contributed by atoms with Gasteiger partial charge in [-0.25, -0.2) is 9.59 Å². The molecular weight excluding hydrogens is 1100 g/mol. The number of allylic oxidation sites excluding steroid dienone is 1. The van der Waals surface area contributed by atoms with Gasteiger partial charge in [0.25, 0.3) is 11.1 Å². The molecule has 456 valence electrons. The molecule has 2 N–H and O–H groups in total. The van der Waals surface area contributed by atoms with Gasteiger partial charge in [-0.15, -0.1) is 0 Å². The summed E-state index contributed by atoms with van der Waals surface area (Å²) in [4.78, 5) is 86.3. The van der Waals surface area contributed by atoms with E-state index in [-0.39, 0.29) is 34.0 Å². The van der Waals surface area contributed by atoms with E-state index in [1.54, 1.807) is 6.08 Å². The molecule has 2 aromatic rings. The molecule has 3 saturated heterocycles. The molecule has 0 saturated carbocycles. The van der Waals surface area contributed by atoms with Crippen LogP contribution in [0.3, 0.4) is 0 Å². The smallest absolute Gasteiger partial charge is 0.0630 e. The molecule has 9 atom stereocenters. The average molecular weight is 1200 g/mol. The van der Waals surface area contributed by atoms with Crippen LogP contribution < -0.4 is 22.5 Å². The number of hydrogen-bond donors (Lipinski definition) is 2. The van der Waals surface area contributed by atoms with Crippen LogP contribution in [0.25, 0.3) is 0 Å². The summed E-state index contributed by atoms with van der Waals surface area (Å²) in [6.45, 7) is 33.0. The third-order valence-corrected chi connectivity index (χ3v) is 35.0. The van der Waals surface area contributed by atoms with Crippen molar-refractivity contribution in [1.82, 2.24) is 24.0 Å². The van der Waals surface area contributed by atoms with Crippen LogP contribution in [0.4, 0.5) is 0 Å². The second-order valence-electron chi connectivity index (χ2n) is 25.3. The number of H-pyrrole nitrogens is 2. The van der Waals surface area contributed by atoms with Crippen molar-refractivity contribution in [3.05, 3.63) is 78.0 Å². The Bertz CT molecular complexity index is 2640. The number of carbonyl (C=O) groups excluding carboxylic acids is 2. The van der Waals surface area contributed by atoms with Crippen LogP contribution in [0.5, 0.6) is 0 Å². The van der Waals surface area contributed by atoms with Crippen LogP contribution in [0.1, 0.15) is 173 Å². The number of likely N-dealkylation sites (tertiary alicyclic amines) is 1. The van der Waals surface area contributed by atoms with E-state index in [1.165, 1.54) is 103 Å². The molecule has 23 heteroatoms. The Morgan fingerprint density at radius 3 is 1.69 bits per heavy atom. The molecule has 2 aromatic heterocycles. The Hall–Kier alpha value is -3.11. The molecule has 0 spiro atoms. The van der Waals surface area contributed by atoms with E-state index in [0.717, 1.165) is 12.1 Å². The predicted molar refractivity (Wildman–Crippen MR) is 324 cm³/mol. The van der Waals surface area contributed by atoms with Gasteiger partial charge in [0.2, 0.25) is 8.32 Å². The molecule has 0 bridgehead atoms. The quantitative estimate of drug-likeness (QED) is 0.0407. The van der Waals surface area contributed by atoms with Gasteiger partial charge in [-0.05, 0) is 41.2 Å². The third kappa shape index (κ3) is 16.6. The first kappa shape index (κ1) is 67.7. The van der Waals surface area contributed by atoms with Crippen molar-refractivity contribution < 1.29 is 46.3 Å². The zero-order valence-corrected chi connectivity index (χ0v) is 55.2. The first-order valence-electron chi connectivity index (χ1n) is 29.9. The molecule has 3 unspecified atom stereocenters.